The van der Waals surface area contributed by atoms with Crippen LogP contribution in [-0.4, -0.2) is 36.7 Å². The molecular weight excluding hydrogens is 306 g/mol. The Morgan fingerprint density at radius 1 is 1.29 bits per heavy atom. The number of amides is 1. The first kappa shape index (κ1) is 18.2. The van der Waals surface area contributed by atoms with Crippen LogP contribution in [0.25, 0.3) is 0 Å². The summed E-state index contributed by atoms with van der Waals surface area (Å²) >= 11 is 0. The van der Waals surface area contributed by atoms with Crippen molar-refractivity contribution in [2.75, 3.05) is 19.8 Å². The molecule has 0 saturated carbocycles. The zero-order valence-corrected chi connectivity index (χ0v) is 13.8. The van der Waals surface area contributed by atoms with E-state index in [1.165, 1.54) is 0 Å². The zero-order chi connectivity index (χ0) is 17.4. The van der Waals surface area contributed by atoms with Crippen LogP contribution in [0, 0.1) is 11.8 Å². The molecular formula is C19H25NO4. The van der Waals surface area contributed by atoms with Gasteiger partial charge in [0.1, 0.15) is 0 Å². The molecule has 1 aromatic carbocycles. The molecule has 1 saturated heterocycles. The number of rotatable bonds is 8. The van der Waals surface area contributed by atoms with Crippen LogP contribution in [0.3, 0.4) is 0 Å². The molecule has 2 rings (SSSR count). The minimum absolute atomic E-state index is 0.0564. The van der Waals surface area contributed by atoms with Crippen LogP contribution in [0.1, 0.15) is 30.7 Å². The van der Waals surface area contributed by atoms with E-state index < -0.39 is 11.9 Å². The van der Waals surface area contributed by atoms with Gasteiger partial charge in [-0.2, -0.15) is 0 Å². The largest absolute Gasteiger partial charge is 0.481 e. The van der Waals surface area contributed by atoms with Crippen LogP contribution in [0.15, 0.2) is 43.0 Å². The van der Waals surface area contributed by atoms with Gasteiger partial charge in [-0.05, 0) is 24.3 Å². The number of carbonyl (C=O) groups is 2. The highest BCUT2D eigenvalue weighted by Gasteiger charge is 2.30. The van der Waals surface area contributed by atoms with Crippen LogP contribution in [0.5, 0.6) is 0 Å². The molecule has 0 bridgehead atoms. The molecule has 2 unspecified atom stereocenters. The van der Waals surface area contributed by atoms with Crippen molar-refractivity contribution in [1.82, 2.24) is 5.32 Å². The predicted octanol–water partition coefficient (Wildman–Crippen LogP) is 2.59. The van der Waals surface area contributed by atoms with Gasteiger partial charge in [-0.25, -0.2) is 0 Å². The van der Waals surface area contributed by atoms with Crippen molar-refractivity contribution in [2.24, 2.45) is 11.8 Å². The van der Waals surface area contributed by atoms with Crippen molar-refractivity contribution >= 4 is 11.9 Å². The Balaban J connectivity index is 1.88. The van der Waals surface area contributed by atoms with Gasteiger partial charge in [-0.1, -0.05) is 36.4 Å². The summed E-state index contributed by atoms with van der Waals surface area (Å²) < 4.78 is 5.28. The molecule has 1 aliphatic heterocycles. The van der Waals surface area contributed by atoms with E-state index in [0.717, 1.165) is 18.4 Å². The van der Waals surface area contributed by atoms with Crippen molar-refractivity contribution in [2.45, 2.75) is 25.2 Å². The molecule has 1 heterocycles. The molecule has 1 aliphatic rings. The zero-order valence-electron chi connectivity index (χ0n) is 13.8. The quantitative estimate of drug-likeness (QED) is 0.718. The Labute approximate surface area is 142 Å². The summed E-state index contributed by atoms with van der Waals surface area (Å²) in [6.07, 6.45) is 3.48. The van der Waals surface area contributed by atoms with Gasteiger partial charge in [0, 0.05) is 32.1 Å². The summed E-state index contributed by atoms with van der Waals surface area (Å²) in [5.74, 6) is -1.58. The molecule has 5 heteroatoms. The van der Waals surface area contributed by atoms with Crippen LogP contribution >= 0.6 is 0 Å². The molecule has 1 fully saturated rings. The Bertz CT molecular complexity index is 552. The highest BCUT2D eigenvalue weighted by molar-refractivity contribution is 5.78. The third-order valence-corrected chi connectivity index (χ3v) is 4.59. The normalized spacial score (nSPS) is 17.7. The predicted molar refractivity (Wildman–Crippen MR) is 91.7 cm³/mol. The average molecular weight is 331 g/mol. The van der Waals surface area contributed by atoms with E-state index in [2.05, 4.69) is 11.9 Å². The first-order valence-corrected chi connectivity index (χ1v) is 8.36. The van der Waals surface area contributed by atoms with Gasteiger partial charge in [0.15, 0.2) is 0 Å². The number of carboxylic acids is 1. The third-order valence-electron chi connectivity index (χ3n) is 4.59. The van der Waals surface area contributed by atoms with Crippen molar-refractivity contribution in [3.05, 3.63) is 48.6 Å². The van der Waals surface area contributed by atoms with Gasteiger partial charge >= 0.3 is 5.97 Å². The number of allylic oxidation sites excluding steroid dienone is 1. The fourth-order valence-corrected chi connectivity index (χ4v) is 3.11. The van der Waals surface area contributed by atoms with E-state index in [-0.39, 0.29) is 30.7 Å². The van der Waals surface area contributed by atoms with Gasteiger partial charge in [-0.3, -0.25) is 9.59 Å². The SMILES string of the molecule is C=CC(CC(=O)NCC(C(=O)O)C1CCOCC1)c1ccccc1. The number of benzene rings is 1. The van der Waals surface area contributed by atoms with E-state index in [1.807, 2.05) is 30.3 Å². The van der Waals surface area contributed by atoms with Gasteiger partial charge in [-0.15, -0.1) is 6.58 Å². The molecule has 0 radical (unpaired) electrons. The molecule has 2 N–H and O–H groups in total. The molecule has 1 amide bonds. The lowest BCUT2D eigenvalue weighted by molar-refractivity contribution is -0.145. The van der Waals surface area contributed by atoms with E-state index in [4.69, 9.17) is 4.74 Å². The molecule has 0 aromatic heterocycles. The lowest BCUT2D eigenvalue weighted by atomic mass is 9.86. The standard InChI is InChI=1S/C19H25NO4/c1-2-14(15-6-4-3-5-7-15)12-18(21)20-13-17(19(22)23)16-8-10-24-11-9-16/h2-7,14,16-17H,1,8-13H2,(H,20,21)(H,22,23). The fraction of sp³-hybridized carbons (Fsp3) is 0.474. The van der Waals surface area contributed by atoms with Crippen LogP contribution < -0.4 is 5.32 Å². The number of hydrogen-bond acceptors (Lipinski definition) is 3. The second-order valence-electron chi connectivity index (χ2n) is 6.16. The summed E-state index contributed by atoms with van der Waals surface area (Å²) in [5.41, 5.74) is 1.03. The number of carbonyl (C=O) groups excluding carboxylic acids is 1. The Morgan fingerprint density at radius 2 is 1.96 bits per heavy atom. The van der Waals surface area contributed by atoms with Crippen LogP contribution in [-0.2, 0) is 14.3 Å². The second-order valence-corrected chi connectivity index (χ2v) is 6.16. The number of nitrogens with one attached hydrogen (secondary N) is 1. The summed E-state index contributed by atoms with van der Waals surface area (Å²) in [6, 6.07) is 9.70. The van der Waals surface area contributed by atoms with Gasteiger partial charge in [0.25, 0.3) is 0 Å². The van der Waals surface area contributed by atoms with Gasteiger partial charge in [0.05, 0.1) is 5.92 Å². The van der Waals surface area contributed by atoms with E-state index in [9.17, 15) is 14.7 Å². The van der Waals surface area contributed by atoms with Crippen molar-refractivity contribution < 1.29 is 19.4 Å². The molecule has 0 aliphatic carbocycles. The topological polar surface area (TPSA) is 75.6 Å². The number of aliphatic carboxylic acids is 1. The summed E-state index contributed by atoms with van der Waals surface area (Å²) in [4.78, 5) is 23.7. The first-order chi connectivity index (χ1) is 11.6. The van der Waals surface area contributed by atoms with Crippen LogP contribution in [0.4, 0.5) is 0 Å². The maximum absolute atomic E-state index is 12.2. The lowest BCUT2D eigenvalue weighted by Gasteiger charge is -2.27. The second kappa shape index (κ2) is 9.23. The average Bonchev–Trinajstić information content (AvgIpc) is 2.61. The van der Waals surface area contributed by atoms with Gasteiger partial charge < -0.3 is 15.2 Å². The Kier molecular flexibility index (Phi) is 7.00. The third kappa shape index (κ3) is 5.20. The van der Waals surface area contributed by atoms with E-state index in [1.54, 1.807) is 6.08 Å². The molecule has 1 aromatic rings. The first-order valence-electron chi connectivity index (χ1n) is 8.36. The van der Waals surface area contributed by atoms with Gasteiger partial charge in [0.2, 0.25) is 5.91 Å². The Morgan fingerprint density at radius 3 is 2.54 bits per heavy atom. The van der Waals surface area contributed by atoms with Crippen molar-refractivity contribution in [3.63, 3.8) is 0 Å². The maximum Gasteiger partial charge on any atom is 0.308 e. The van der Waals surface area contributed by atoms with E-state index >= 15 is 0 Å². The number of carboxylic acid groups (broad SMARTS) is 1. The number of ether oxygens (including phenoxy) is 1. The fourth-order valence-electron chi connectivity index (χ4n) is 3.11. The summed E-state index contributed by atoms with van der Waals surface area (Å²) in [6.45, 7) is 5.15. The van der Waals surface area contributed by atoms with Crippen molar-refractivity contribution in [1.29, 1.82) is 0 Å². The molecule has 0 spiro atoms. The minimum atomic E-state index is -0.856. The molecule has 5 nitrogen and oxygen atoms in total. The summed E-state index contributed by atoms with van der Waals surface area (Å²) in [7, 11) is 0. The molecule has 130 valence electrons. The number of hydrogen-bond donors (Lipinski definition) is 2. The van der Waals surface area contributed by atoms with E-state index in [0.29, 0.717) is 13.2 Å². The van der Waals surface area contributed by atoms with Crippen molar-refractivity contribution in [3.8, 4) is 0 Å². The highest BCUT2D eigenvalue weighted by atomic mass is 16.5. The molecule has 2 atom stereocenters. The maximum atomic E-state index is 12.2. The summed E-state index contributed by atoms with van der Waals surface area (Å²) in [5, 5.41) is 12.2. The monoisotopic (exact) mass is 331 g/mol. The smallest absolute Gasteiger partial charge is 0.308 e. The van der Waals surface area contributed by atoms with Crippen LogP contribution in [0.2, 0.25) is 0 Å². The molecule has 24 heavy (non-hydrogen) atoms. The lowest BCUT2D eigenvalue weighted by Crippen LogP contribution is -2.39. The minimum Gasteiger partial charge on any atom is -0.481 e. The Hall–Kier alpha value is -2.14. The highest BCUT2D eigenvalue weighted by Crippen LogP contribution is 2.24.